The Morgan fingerprint density at radius 2 is 2.26 bits per heavy atom. The van der Waals surface area contributed by atoms with Gasteiger partial charge >= 0.3 is 0 Å². The SMILES string of the molecule is CCc1cc2c(N3CCNCC3C(C)=O)nc(C(N)=O)nc2s1. The van der Waals surface area contributed by atoms with Crippen LogP contribution in [0.2, 0.25) is 0 Å². The first-order valence-corrected chi connectivity index (χ1v) is 8.41. The predicted molar refractivity (Wildman–Crippen MR) is 90.0 cm³/mol. The van der Waals surface area contributed by atoms with Crippen LogP contribution in [0.25, 0.3) is 10.2 Å². The van der Waals surface area contributed by atoms with Gasteiger partial charge in [-0.3, -0.25) is 9.59 Å². The van der Waals surface area contributed by atoms with E-state index in [1.54, 1.807) is 6.92 Å². The third-order valence-electron chi connectivity index (χ3n) is 3.98. The number of hydrogen-bond donors (Lipinski definition) is 2. The van der Waals surface area contributed by atoms with E-state index in [2.05, 4.69) is 22.2 Å². The number of ketones is 1. The van der Waals surface area contributed by atoms with E-state index < -0.39 is 5.91 Å². The van der Waals surface area contributed by atoms with Gasteiger partial charge in [0.2, 0.25) is 5.82 Å². The van der Waals surface area contributed by atoms with Crippen molar-refractivity contribution in [2.24, 2.45) is 5.73 Å². The molecule has 1 aliphatic heterocycles. The molecule has 3 heterocycles. The van der Waals surface area contributed by atoms with Crippen molar-refractivity contribution in [1.29, 1.82) is 0 Å². The predicted octanol–water partition coefficient (Wildman–Crippen LogP) is 0.720. The summed E-state index contributed by atoms with van der Waals surface area (Å²) >= 11 is 1.53. The van der Waals surface area contributed by atoms with Gasteiger partial charge in [-0.1, -0.05) is 6.92 Å². The summed E-state index contributed by atoms with van der Waals surface area (Å²) in [6, 6.07) is 1.74. The van der Waals surface area contributed by atoms with Crippen molar-refractivity contribution in [2.75, 3.05) is 24.5 Å². The number of carbonyl (C=O) groups excluding carboxylic acids is 2. The Kier molecular flexibility index (Phi) is 4.27. The standard InChI is InChI=1S/C15H19N5O2S/c1-3-9-6-10-14(18-13(12(16)22)19-15(10)23-9)20-5-4-17-7-11(20)8(2)21/h6,11,17H,3-5,7H2,1-2H3,(H2,16,22). The molecule has 23 heavy (non-hydrogen) atoms. The number of amides is 1. The van der Waals surface area contributed by atoms with Gasteiger partial charge in [0.15, 0.2) is 5.78 Å². The minimum absolute atomic E-state index is 0.00200. The Balaban J connectivity index is 2.18. The molecule has 1 atom stereocenters. The van der Waals surface area contributed by atoms with Crippen molar-refractivity contribution >= 4 is 39.1 Å². The number of carbonyl (C=O) groups is 2. The summed E-state index contributed by atoms with van der Waals surface area (Å²) in [4.78, 5) is 36.1. The number of Topliss-reactive ketones (excluding diaryl/α,β-unsaturated/α-hetero) is 1. The molecular weight excluding hydrogens is 314 g/mol. The summed E-state index contributed by atoms with van der Waals surface area (Å²) in [5.41, 5.74) is 5.38. The van der Waals surface area contributed by atoms with E-state index in [-0.39, 0.29) is 17.6 Å². The smallest absolute Gasteiger partial charge is 0.286 e. The highest BCUT2D eigenvalue weighted by Gasteiger charge is 2.29. The average molecular weight is 333 g/mol. The fraction of sp³-hybridized carbons (Fsp3) is 0.467. The first-order valence-electron chi connectivity index (χ1n) is 7.59. The van der Waals surface area contributed by atoms with Gasteiger partial charge in [0, 0.05) is 24.5 Å². The second-order valence-electron chi connectivity index (χ2n) is 5.54. The van der Waals surface area contributed by atoms with Gasteiger partial charge < -0.3 is 16.0 Å². The number of aryl methyl sites for hydroxylation is 1. The van der Waals surface area contributed by atoms with E-state index in [0.717, 1.165) is 28.1 Å². The molecule has 0 spiro atoms. The Hall–Kier alpha value is -2.06. The molecule has 1 unspecified atom stereocenters. The number of anilines is 1. The Labute approximate surface area is 137 Å². The number of hydrogen-bond acceptors (Lipinski definition) is 7. The molecule has 2 aromatic rings. The second-order valence-corrected chi connectivity index (χ2v) is 6.66. The normalized spacial score (nSPS) is 18.3. The zero-order valence-corrected chi connectivity index (χ0v) is 13.9. The van der Waals surface area contributed by atoms with Gasteiger partial charge in [-0.05, 0) is 19.4 Å². The van der Waals surface area contributed by atoms with Crippen LogP contribution in [0.5, 0.6) is 0 Å². The monoisotopic (exact) mass is 333 g/mol. The zero-order chi connectivity index (χ0) is 16.6. The van der Waals surface area contributed by atoms with Crippen LogP contribution in [0.4, 0.5) is 5.82 Å². The summed E-state index contributed by atoms with van der Waals surface area (Å²) in [5.74, 6) is 0.0314. The summed E-state index contributed by atoms with van der Waals surface area (Å²) in [6.07, 6.45) is 0.879. The third kappa shape index (κ3) is 2.91. The Bertz CT molecular complexity index is 773. The molecule has 8 heteroatoms. The quantitative estimate of drug-likeness (QED) is 0.855. The van der Waals surface area contributed by atoms with Gasteiger partial charge in [-0.25, -0.2) is 9.97 Å². The van der Waals surface area contributed by atoms with Crippen molar-refractivity contribution in [1.82, 2.24) is 15.3 Å². The van der Waals surface area contributed by atoms with Crippen molar-refractivity contribution < 1.29 is 9.59 Å². The van der Waals surface area contributed by atoms with Crippen LogP contribution in [0.1, 0.15) is 29.3 Å². The number of nitrogens with one attached hydrogen (secondary N) is 1. The topological polar surface area (TPSA) is 101 Å². The molecule has 122 valence electrons. The maximum absolute atomic E-state index is 12.0. The molecule has 1 aliphatic rings. The molecule has 0 bridgehead atoms. The average Bonchev–Trinajstić information content (AvgIpc) is 2.96. The lowest BCUT2D eigenvalue weighted by molar-refractivity contribution is -0.118. The molecule has 0 radical (unpaired) electrons. The number of rotatable bonds is 4. The van der Waals surface area contributed by atoms with Crippen LogP contribution < -0.4 is 16.0 Å². The fourth-order valence-electron chi connectivity index (χ4n) is 2.78. The van der Waals surface area contributed by atoms with Crippen molar-refractivity contribution in [3.05, 3.63) is 16.8 Å². The highest BCUT2D eigenvalue weighted by molar-refractivity contribution is 7.18. The number of thiophene rings is 1. The number of primary amides is 1. The van der Waals surface area contributed by atoms with Crippen molar-refractivity contribution in [3.8, 4) is 0 Å². The van der Waals surface area contributed by atoms with Crippen LogP contribution in [-0.2, 0) is 11.2 Å². The summed E-state index contributed by atoms with van der Waals surface area (Å²) in [7, 11) is 0. The number of nitrogens with two attached hydrogens (primary N) is 1. The van der Waals surface area contributed by atoms with Crippen LogP contribution in [-0.4, -0.2) is 47.3 Å². The van der Waals surface area contributed by atoms with Crippen molar-refractivity contribution in [2.45, 2.75) is 26.3 Å². The number of fused-ring (bicyclic) bond motifs is 1. The lowest BCUT2D eigenvalue weighted by atomic mass is 10.1. The first-order chi connectivity index (χ1) is 11.0. The van der Waals surface area contributed by atoms with Crippen LogP contribution >= 0.6 is 11.3 Å². The molecule has 1 fully saturated rings. The van der Waals surface area contributed by atoms with Gasteiger partial charge in [-0.15, -0.1) is 11.3 Å². The maximum atomic E-state index is 12.0. The van der Waals surface area contributed by atoms with Crippen molar-refractivity contribution in [3.63, 3.8) is 0 Å². The molecular formula is C15H19N5O2S. The summed E-state index contributed by atoms with van der Waals surface area (Å²) in [6.45, 7) is 5.61. The summed E-state index contributed by atoms with van der Waals surface area (Å²) in [5, 5.41) is 4.10. The van der Waals surface area contributed by atoms with Crippen LogP contribution in [0, 0.1) is 0 Å². The van der Waals surface area contributed by atoms with Crippen LogP contribution in [0.3, 0.4) is 0 Å². The third-order valence-corrected chi connectivity index (χ3v) is 5.15. The molecule has 0 aromatic carbocycles. The van der Waals surface area contributed by atoms with E-state index in [1.807, 2.05) is 11.0 Å². The highest BCUT2D eigenvalue weighted by Crippen LogP contribution is 2.32. The minimum atomic E-state index is -0.658. The fourth-order valence-corrected chi connectivity index (χ4v) is 3.74. The molecule has 2 aromatic heterocycles. The van der Waals surface area contributed by atoms with E-state index in [4.69, 9.17) is 5.73 Å². The molecule has 7 nitrogen and oxygen atoms in total. The number of nitrogens with zero attached hydrogens (tertiary/aromatic N) is 3. The van der Waals surface area contributed by atoms with Gasteiger partial charge in [0.1, 0.15) is 16.7 Å². The number of piperazine rings is 1. The molecule has 1 amide bonds. The Morgan fingerprint density at radius 3 is 2.91 bits per heavy atom. The molecule has 0 saturated carbocycles. The first kappa shape index (κ1) is 15.8. The highest BCUT2D eigenvalue weighted by atomic mass is 32.1. The van der Waals surface area contributed by atoms with Gasteiger partial charge in [0.25, 0.3) is 5.91 Å². The Morgan fingerprint density at radius 1 is 1.48 bits per heavy atom. The van der Waals surface area contributed by atoms with Gasteiger partial charge in [0.05, 0.1) is 5.39 Å². The van der Waals surface area contributed by atoms with Crippen LogP contribution in [0.15, 0.2) is 6.07 Å². The van der Waals surface area contributed by atoms with E-state index in [9.17, 15) is 9.59 Å². The molecule has 3 N–H and O–H groups in total. The maximum Gasteiger partial charge on any atom is 0.286 e. The van der Waals surface area contributed by atoms with E-state index in [1.165, 1.54) is 11.3 Å². The second kappa shape index (κ2) is 6.21. The lowest BCUT2D eigenvalue weighted by Crippen LogP contribution is -2.55. The van der Waals surface area contributed by atoms with Gasteiger partial charge in [-0.2, -0.15) is 0 Å². The molecule has 0 aliphatic carbocycles. The molecule has 3 rings (SSSR count). The van der Waals surface area contributed by atoms with E-state index >= 15 is 0 Å². The lowest BCUT2D eigenvalue weighted by Gasteiger charge is -2.35. The molecule has 1 saturated heterocycles. The minimum Gasteiger partial charge on any atom is -0.363 e. The largest absolute Gasteiger partial charge is 0.363 e. The summed E-state index contributed by atoms with van der Waals surface area (Å²) < 4.78 is 0. The van der Waals surface area contributed by atoms with E-state index in [0.29, 0.717) is 18.9 Å². The zero-order valence-electron chi connectivity index (χ0n) is 13.1. The number of aromatic nitrogens is 2.